The molecule has 6 rings (SSSR count). The molecule has 0 saturated heterocycles. The molecule has 0 radical (unpaired) electrons. The van der Waals surface area contributed by atoms with Gasteiger partial charge in [0.05, 0.1) is 0 Å². The predicted octanol–water partition coefficient (Wildman–Crippen LogP) is 7.75. The Balaban J connectivity index is 0.00000267. The SMILES string of the molecule is CC(C)c1ccnc(Oc2[c-]c(-c3[c-]c4c(cc3)c3ccccc3n4-c3ccccn3)ccc2)c1.[Pt+2]. The van der Waals surface area contributed by atoms with E-state index in [1.807, 2.05) is 54.7 Å². The van der Waals surface area contributed by atoms with Crippen molar-refractivity contribution < 1.29 is 25.8 Å². The molecule has 178 valence electrons. The van der Waals surface area contributed by atoms with Gasteiger partial charge in [-0.1, -0.05) is 43.5 Å². The largest absolute Gasteiger partial charge is 2.00 e. The third kappa shape index (κ3) is 4.45. The molecule has 0 saturated carbocycles. The molecule has 4 nitrogen and oxygen atoms in total. The summed E-state index contributed by atoms with van der Waals surface area (Å²) in [5.41, 5.74) is 5.11. The Morgan fingerprint density at radius 1 is 0.750 bits per heavy atom. The maximum Gasteiger partial charge on any atom is 2.00 e. The third-order valence-electron chi connectivity index (χ3n) is 6.16. The van der Waals surface area contributed by atoms with Crippen molar-refractivity contribution in [2.24, 2.45) is 0 Å². The molecule has 0 unspecified atom stereocenters. The van der Waals surface area contributed by atoms with Crippen LogP contribution in [0.1, 0.15) is 25.3 Å². The summed E-state index contributed by atoms with van der Waals surface area (Å²) in [6.07, 6.45) is 3.60. The zero-order valence-electron chi connectivity index (χ0n) is 19.9. The Kier molecular flexibility index (Phi) is 6.71. The Hall–Kier alpha value is -3.75. The minimum absolute atomic E-state index is 0. The maximum atomic E-state index is 6.06. The molecule has 3 heterocycles. The minimum atomic E-state index is 0. The van der Waals surface area contributed by atoms with Crippen molar-refractivity contribution in [3.05, 3.63) is 115 Å². The van der Waals surface area contributed by atoms with Gasteiger partial charge in [-0.05, 0) is 46.6 Å². The summed E-state index contributed by atoms with van der Waals surface area (Å²) in [5, 5.41) is 2.31. The first-order chi connectivity index (χ1) is 17.2. The van der Waals surface area contributed by atoms with E-state index in [1.54, 1.807) is 6.20 Å². The van der Waals surface area contributed by atoms with Crippen molar-refractivity contribution in [3.8, 4) is 28.6 Å². The first-order valence-electron chi connectivity index (χ1n) is 11.7. The van der Waals surface area contributed by atoms with Gasteiger partial charge in [-0.15, -0.1) is 18.2 Å². The molecule has 0 aliphatic carbocycles. The molecule has 3 aromatic carbocycles. The van der Waals surface area contributed by atoms with Crippen molar-refractivity contribution in [2.75, 3.05) is 0 Å². The van der Waals surface area contributed by atoms with Crippen LogP contribution in [0.15, 0.2) is 97.3 Å². The standard InChI is InChI=1S/C31H23N3O.Pt/c1-21(2)22-15-17-33-31(20-22)35-25-9-7-8-23(18-25)24-13-14-27-26-10-3-4-11-28(26)34(29(27)19-24)30-12-5-6-16-32-30;/h3-17,20-21H,1-2H3;/q-2;+2. The second-order valence-electron chi connectivity index (χ2n) is 8.79. The Labute approximate surface area is 224 Å². The topological polar surface area (TPSA) is 39.9 Å². The summed E-state index contributed by atoms with van der Waals surface area (Å²) in [4.78, 5) is 8.98. The van der Waals surface area contributed by atoms with Crippen LogP contribution in [0.3, 0.4) is 0 Å². The smallest absolute Gasteiger partial charge is 0.460 e. The van der Waals surface area contributed by atoms with Gasteiger partial charge < -0.3 is 9.30 Å². The molecule has 0 spiro atoms. The van der Waals surface area contributed by atoms with Crippen LogP contribution in [-0.2, 0) is 21.1 Å². The molecule has 5 heteroatoms. The number of ether oxygens (including phenoxy) is 1. The first kappa shape index (κ1) is 24.0. The van der Waals surface area contributed by atoms with Crippen LogP contribution in [0, 0.1) is 12.1 Å². The molecular weight excluding hydrogens is 625 g/mol. The molecular formula is C31H23N3OPt. The molecule has 0 N–H and O–H groups in total. The van der Waals surface area contributed by atoms with E-state index in [0.29, 0.717) is 17.5 Å². The molecule has 0 atom stereocenters. The summed E-state index contributed by atoms with van der Waals surface area (Å²) in [6.45, 7) is 4.31. The monoisotopic (exact) mass is 648 g/mol. The third-order valence-corrected chi connectivity index (χ3v) is 6.16. The fourth-order valence-electron chi connectivity index (χ4n) is 4.39. The maximum absolute atomic E-state index is 6.06. The molecule has 0 aliphatic rings. The predicted molar refractivity (Wildman–Crippen MR) is 140 cm³/mol. The zero-order chi connectivity index (χ0) is 23.8. The van der Waals surface area contributed by atoms with Gasteiger partial charge in [-0.25, -0.2) is 21.1 Å². The van der Waals surface area contributed by atoms with E-state index in [2.05, 4.69) is 76.9 Å². The van der Waals surface area contributed by atoms with Crippen molar-refractivity contribution in [1.82, 2.24) is 14.5 Å². The van der Waals surface area contributed by atoms with Gasteiger partial charge in [-0.3, -0.25) is 0 Å². The van der Waals surface area contributed by atoms with Crippen molar-refractivity contribution in [2.45, 2.75) is 19.8 Å². The number of hydrogen-bond acceptors (Lipinski definition) is 3. The minimum Gasteiger partial charge on any atom is -0.460 e. The summed E-state index contributed by atoms with van der Waals surface area (Å²) in [7, 11) is 0. The van der Waals surface area contributed by atoms with Gasteiger partial charge in [-0.2, -0.15) is 24.3 Å². The normalized spacial score (nSPS) is 11.1. The average Bonchev–Trinajstić information content (AvgIpc) is 3.23. The van der Waals surface area contributed by atoms with Crippen LogP contribution in [0.25, 0.3) is 38.8 Å². The van der Waals surface area contributed by atoms with Crippen molar-refractivity contribution in [3.63, 3.8) is 0 Å². The van der Waals surface area contributed by atoms with Crippen LogP contribution in [0.4, 0.5) is 0 Å². The number of para-hydroxylation sites is 1. The number of pyridine rings is 2. The Morgan fingerprint density at radius 2 is 1.58 bits per heavy atom. The van der Waals surface area contributed by atoms with Crippen LogP contribution < -0.4 is 4.74 Å². The number of benzene rings is 3. The van der Waals surface area contributed by atoms with Crippen molar-refractivity contribution in [1.29, 1.82) is 0 Å². The molecule has 0 bridgehead atoms. The summed E-state index contributed by atoms with van der Waals surface area (Å²) in [6, 6.07) is 35.5. The summed E-state index contributed by atoms with van der Waals surface area (Å²) >= 11 is 0. The fraction of sp³-hybridized carbons (Fsp3) is 0.0968. The van der Waals surface area contributed by atoms with Gasteiger partial charge in [0.1, 0.15) is 5.82 Å². The van der Waals surface area contributed by atoms with E-state index in [0.717, 1.165) is 33.4 Å². The zero-order valence-corrected chi connectivity index (χ0v) is 22.2. The van der Waals surface area contributed by atoms with Gasteiger partial charge in [0.2, 0.25) is 5.88 Å². The average molecular weight is 649 g/mol. The van der Waals surface area contributed by atoms with Crippen LogP contribution in [-0.4, -0.2) is 14.5 Å². The van der Waals surface area contributed by atoms with Gasteiger partial charge in [0.15, 0.2) is 0 Å². The van der Waals surface area contributed by atoms with Crippen LogP contribution >= 0.6 is 0 Å². The Bertz CT molecular complexity index is 1660. The Morgan fingerprint density at radius 3 is 2.42 bits per heavy atom. The van der Waals surface area contributed by atoms with E-state index < -0.39 is 0 Å². The number of aromatic nitrogens is 3. The van der Waals surface area contributed by atoms with Gasteiger partial charge in [0.25, 0.3) is 0 Å². The van der Waals surface area contributed by atoms with Gasteiger partial charge in [0, 0.05) is 29.7 Å². The summed E-state index contributed by atoms with van der Waals surface area (Å²) < 4.78 is 8.23. The number of nitrogens with zero attached hydrogens (tertiary/aromatic N) is 3. The molecule has 0 aliphatic heterocycles. The number of hydrogen-bond donors (Lipinski definition) is 0. The van der Waals surface area contributed by atoms with E-state index in [4.69, 9.17) is 4.74 Å². The summed E-state index contributed by atoms with van der Waals surface area (Å²) in [5.74, 6) is 2.46. The van der Waals surface area contributed by atoms with Crippen LogP contribution in [0.2, 0.25) is 0 Å². The molecule has 0 amide bonds. The van der Waals surface area contributed by atoms with E-state index in [1.165, 1.54) is 10.9 Å². The van der Waals surface area contributed by atoms with E-state index >= 15 is 0 Å². The van der Waals surface area contributed by atoms with E-state index in [9.17, 15) is 0 Å². The molecule has 0 fully saturated rings. The van der Waals surface area contributed by atoms with Crippen molar-refractivity contribution >= 4 is 21.8 Å². The number of fused-ring (bicyclic) bond motifs is 3. The quantitative estimate of drug-likeness (QED) is 0.180. The second-order valence-corrected chi connectivity index (χ2v) is 8.79. The molecule has 6 aromatic rings. The van der Waals surface area contributed by atoms with Crippen LogP contribution in [0.5, 0.6) is 11.6 Å². The number of rotatable bonds is 5. The molecule has 3 aromatic heterocycles. The fourth-order valence-corrected chi connectivity index (χ4v) is 4.39. The van der Waals surface area contributed by atoms with E-state index in [-0.39, 0.29) is 21.1 Å². The molecule has 36 heavy (non-hydrogen) atoms. The van der Waals surface area contributed by atoms with Gasteiger partial charge >= 0.3 is 21.1 Å². The first-order valence-corrected chi connectivity index (χ1v) is 11.7. The second kappa shape index (κ2) is 10.1.